The van der Waals surface area contributed by atoms with E-state index in [9.17, 15) is 9.90 Å². The van der Waals surface area contributed by atoms with Crippen LogP contribution in [0.25, 0.3) is 0 Å². The van der Waals surface area contributed by atoms with E-state index < -0.39 is 5.60 Å². The quantitative estimate of drug-likeness (QED) is 0.764. The van der Waals surface area contributed by atoms with Crippen LogP contribution in [0.3, 0.4) is 0 Å². The number of phenols is 1. The molecule has 1 fully saturated rings. The standard InChI is InChI=1S/C23H29NO4/c1-15(16-5-9-19(25)10-6-16)17-7-11-20(12-8-17)27-21-13-18(14-21)24-22(26)28-23(2,3)4/h5-12,15,18,21,25H,13-14H2,1-4H3,(H,24,26). The van der Waals surface area contributed by atoms with Crippen LogP contribution < -0.4 is 10.1 Å². The maximum Gasteiger partial charge on any atom is 0.407 e. The average molecular weight is 383 g/mol. The summed E-state index contributed by atoms with van der Waals surface area (Å²) in [4.78, 5) is 11.8. The topological polar surface area (TPSA) is 67.8 Å². The first-order valence-corrected chi connectivity index (χ1v) is 9.74. The minimum Gasteiger partial charge on any atom is -0.508 e. The molecule has 1 saturated carbocycles. The molecule has 1 amide bonds. The highest BCUT2D eigenvalue weighted by molar-refractivity contribution is 5.68. The van der Waals surface area contributed by atoms with Crippen LogP contribution >= 0.6 is 0 Å². The number of benzene rings is 2. The number of alkyl carbamates (subject to hydrolysis) is 1. The first kappa shape index (κ1) is 20.1. The van der Waals surface area contributed by atoms with E-state index >= 15 is 0 Å². The van der Waals surface area contributed by atoms with Crippen LogP contribution in [-0.4, -0.2) is 28.9 Å². The molecule has 2 N–H and O–H groups in total. The molecule has 2 aromatic carbocycles. The Morgan fingerprint density at radius 2 is 1.57 bits per heavy atom. The van der Waals surface area contributed by atoms with Crippen molar-refractivity contribution in [3.05, 3.63) is 59.7 Å². The normalized spacial score (nSPS) is 20.0. The zero-order valence-corrected chi connectivity index (χ0v) is 16.9. The second-order valence-electron chi connectivity index (χ2n) is 8.44. The first-order valence-electron chi connectivity index (χ1n) is 9.74. The highest BCUT2D eigenvalue weighted by Crippen LogP contribution is 2.30. The predicted molar refractivity (Wildman–Crippen MR) is 109 cm³/mol. The third kappa shape index (κ3) is 5.41. The van der Waals surface area contributed by atoms with Gasteiger partial charge in [0.1, 0.15) is 23.2 Å². The molecule has 5 nitrogen and oxygen atoms in total. The Morgan fingerprint density at radius 3 is 2.11 bits per heavy atom. The van der Waals surface area contributed by atoms with E-state index in [4.69, 9.17) is 9.47 Å². The summed E-state index contributed by atoms with van der Waals surface area (Å²) in [6, 6.07) is 15.5. The van der Waals surface area contributed by atoms with Gasteiger partial charge in [-0.1, -0.05) is 31.2 Å². The molecule has 5 heteroatoms. The second kappa shape index (κ2) is 8.13. The average Bonchev–Trinajstić information content (AvgIpc) is 2.59. The number of hydrogen-bond acceptors (Lipinski definition) is 4. The number of hydrogen-bond donors (Lipinski definition) is 2. The fourth-order valence-electron chi connectivity index (χ4n) is 3.24. The third-order valence-electron chi connectivity index (χ3n) is 4.89. The van der Waals surface area contributed by atoms with Crippen molar-refractivity contribution in [3.63, 3.8) is 0 Å². The van der Waals surface area contributed by atoms with Crippen molar-refractivity contribution in [2.24, 2.45) is 0 Å². The van der Waals surface area contributed by atoms with Crippen molar-refractivity contribution in [2.45, 2.75) is 64.2 Å². The number of nitrogens with one attached hydrogen (secondary N) is 1. The number of phenolic OH excluding ortho intramolecular Hbond substituents is 1. The number of ether oxygens (including phenoxy) is 2. The van der Waals surface area contributed by atoms with Gasteiger partial charge in [-0.05, 0) is 56.2 Å². The SMILES string of the molecule is CC(c1ccc(O)cc1)c1ccc(OC2CC(NC(=O)OC(C)(C)C)C2)cc1. The zero-order chi connectivity index (χ0) is 20.3. The van der Waals surface area contributed by atoms with Crippen LogP contribution in [0, 0.1) is 0 Å². The summed E-state index contributed by atoms with van der Waals surface area (Å²) in [5, 5.41) is 12.3. The molecule has 3 rings (SSSR count). The van der Waals surface area contributed by atoms with Crippen LogP contribution in [-0.2, 0) is 4.74 Å². The van der Waals surface area contributed by atoms with E-state index in [0.717, 1.165) is 24.2 Å². The van der Waals surface area contributed by atoms with Gasteiger partial charge in [0.2, 0.25) is 0 Å². The highest BCUT2D eigenvalue weighted by atomic mass is 16.6. The van der Waals surface area contributed by atoms with E-state index in [1.807, 2.05) is 45.0 Å². The molecular weight excluding hydrogens is 354 g/mol. The lowest BCUT2D eigenvalue weighted by atomic mass is 9.89. The van der Waals surface area contributed by atoms with Gasteiger partial charge in [-0.3, -0.25) is 0 Å². The van der Waals surface area contributed by atoms with Crippen molar-refractivity contribution in [3.8, 4) is 11.5 Å². The van der Waals surface area contributed by atoms with E-state index in [-0.39, 0.29) is 29.9 Å². The van der Waals surface area contributed by atoms with Crippen molar-refractivity contribution in [1.29, 1.82) is 0 Å². The lowest BCUT2D eigenvalue weighted by molar-refractivity contribution is 0.0363. The monoisotopic (exact) mass is 383 g/mol. The van der Waals surface area contributed by atoms with Gasteiger partial charge in [0.05, 0.1) is 0 Å². The fraction of sp³-hybridized carbons (Fsp3) is 0.435. The molecule has 0 radical (unpaired) electrons. The number of aromatic hydroxyl groups is 1. The van der Waals surface area contributed by atoms with Gasteiger partial charge >= 0.3 is 6.09 Å². The van der Waals surface area contributed by atoms with Crippen molar-refractivity contribution < 1.29 is 19.4 Å². The van der Waals surface area contributed by atoms with Gasteiger partial charge in [-0.25, -0.2) is 4.79 Å². The molecule has 1 unspecified atom stereocenters. The number of rotatable bonds is 5. The molecule has 2 aromatic rings. The minimum absolute atomic E-state index is 0.105. The third-order valence-corrected chi connectivity index (χ3v) is 4.89. The molecule has 0 bridgehead atoms. The Labute approximate surface area is 166 Å². The Kier molecular flexibility index (Phi) is 5.82. The van der Waals surface area contributed by atoms with Gasteiger partial charge in [0, 0.05) is 24.8 Å². The molecule has 0 heterocycles. The van der Waals surface area contributed by atoms with E-state index in [0.29, 0.717) is 0 Å². The molecule has 0 spiro atoms. The van der Waals surface area contributed by atoms with Gasteiger partial charge in [0.15, 0.2) is 0 Å². The summed E-state index contributed by atoms with van der Waals surface area (Å²) >= 11 is 0. The Hall–Kier alpha value is -2.69. The molecule has 28 heavy (non-hydrogen) atoms. The van der Waals surface area contributed by atoms with Gasteiger partial charge in [-0.2, -0.15) is 0 Å². The van der Waals surface area contributed by atoms with Crippen molar-refractivity contribution in [1.82, 2.24) is 5.32 Å². The Morgan fingerprint density at radius 1 is 1.04 bits per heavy atom. The molecule has 0 aromatic heterocycles. The summed E-state index contributed by atoms with van der Waals surface area (Å²) in [5.41, 5.74) is 1.86. The van der Waals surface area contributed by atoms with Gasteiger partial charge < -0.3 is 19.9 Å². The molecule has 1 atom stereocenters. The maximum absolute atomic E-state index is 11.8. The Balaban J connectivity index is 1.47. The van der Waals surface area contributed by atoms with Crippen LogP contribution in [0.5, 0.6) is 11.5 Å². The van der Waals surface area contributed by atoms with Crippen LogP contribution in [0.2, 0.25) is 0 Å². The summed E-state index contributed by atoms with van der Waals surface area (Å²) in [6.07, 6.45) is 1.30. The summed E-state index contributed by atoms with van der Waals surface area (Å²) in [5.74, 6) is 1.35. The van der Waals surface area contributed by atoms with Crippen LogP contribution in [0.1, 0.15) is 57.6 Å². The minimum atomic E-state index is -0.483. The van der Waals surface area contributed by atoms with E-state index in [1.54, 1.807) is 12.1 Å². The molecular formula is C23H29NO4. The number of carbonyl (C=O) groups excluding carboxylic acids is 1. The highest BCUT2D eigenvalue weighted by Gasteiger charge is 2.33. The molecule has 1 aliphatic rings. The predicted octanol–water partition coefficient (Wildman–Crippen LogP) is 4.98. The number of amides is 1. The lowest BCUT2D eigenvalue weighted by Crippen LogP contribution is -2.50. The summed E-state index contributed by atoms with van der Waals surface area (Å²) in [7, 11) is 0. The van der Waals surface area contributed by atoms with Crippen molar-refractivity contribution >= 4 is 6.09 Å². The summed E-state index contributed by atoms with van der Waals surface area (Å²) < 4.78 is 11.3. The van der Waals surface area contributed by atoms with E-state index in [2.05, 4.69) is 24.4 Å². The first-order chi connectivity index (χ1) is 13.2. The maximum atomic E-state index is 11.8. The molecule has 150 valence electrons. The molecule has 1 aliphatic carbocycles. The molecule has 0 saturated heterocycles. The second-order valence-corrected chi connectivity index (χ2v) is 8.44. The molecule has 0 aliphatic heterocycles. The largest absolute Gasteiger partial charge is 0.508 e. The Bertz CT molecular complexity index is 787. The van der Waals surface area contributed by atoms with E-state index in [1.165, 1.54) is 5.56 Å². The smallest absolute Gasteiger partial charge is 0.407 e. The van der Waals surface area contributed by atoms with Crippen molar-refractivity contribution in [2.75, 3.05) is 0 Å². The fourth-order valence-corrected chi connectivity index (χ4v) is 3.24. The van der Waals surface area contributed by atoms with Gasteiger partial charge in [0.25, 0.3) is 0 Å². The van der Waals surface area contributed by atoms with Crippen LogP contribution in [0.15, 0.2) is 48.5 Å². The lowest BCUT2D eigenvalue weighted by Gasteiger charge is -2.36. The van der Waals surface area contributed by atoms with Crippen LogP contribution in [0.4, 0.5) is 4.79 Å². The zero-order valence-electron chi connectivity index (χ0n) is 16.9. The van der Waals surface area contributed by atoms with Gasteiger partial charge in [-0.15, -0.1) is 0 Å². The number of carbonyl (C=O) groups is 1. The summed E-state index contributed by atoms with van der Waals surface area (Å²) in [6.45, 7) is 7.70.